The number of benzene rings is 2. The number of hydrogen-bond donors (Lipinski definition) is 0. The van der Waals surface area contributed by atoms with Gasteiger partial charge in [0.1, 0.15) is 0 Å². The third kappa shape index (κ3) is 5.21. The summed E-state index contributed by atoms with van der Waals surface area (Å²) < 4.78 is 4.70. The molecule has 0 atom stereocenters. The van der Waals surface area contributed by atoms with Crippen LogP contribution in [0.1, 0.15) is 117 Å². The summed E-state index contributed by atoms with van der Waals surface area (Å²) in [5, 5.41) is 0. The van der Waals surface area contributed by atoms with E-state index in [-0.39, 0.29) is 35.6 Å². The maximum atomic E-state index is 2.67. The molecule has 6 aliphatic carbocycles. The van der Waals surface area contributed by atoms with Gasteiger partial charge in [-0.05, 0) is 0 Å². The first-order valence-electron chi connectivity index (χ1n) is 15.8. The van der Waals surface area contributed by atoms with Crippen molar-refractivity contribution in [2.75, 3.05) is 0 Å². The first kappa shape index (κ1) is 31.7. The number of hydrogen-bond acceptors (Lipinski definition) is 0. The molecule has 0 N–H and O–H groups in total. The Hall–Kier alpha value is -0.747. The second-order valence-electron chi connectivity index (χ2n) is 15.9. The molecule has 4 fully saturated rings. The van der Waals surface area contributed by atoms with Crippen LogP contribution in [0, 0.1) is 37.5 Å². The van der Waals surface area contributed by atoms with Gasteiger partial charge in [-0.15, -0.1) is 0 Å². The van der Waals surface area contributed by atoms with E-state index < -0.39 is 21.3 Å². The molecule has 0 heterocycles. The topological polar surface area (TPSA) is 0 Å². The molecule has 0 unspecified atom stereocenters. The third-order valence-corrected chi connectivity index (χ3v) is 20.2. The Kier molecular flexibility index (Phi) is 8.50. The molecule has 2 aromatic rings. The summed E-state index contributed by atoms with van der Waals surface area (Å²) in [5.41, 5.74) is 12.9. The number of rotatable bonds is 2. The van der Waals surface area contributed by atoms with Crippen LogP contribution < -0.4 is 24.8 Å². The molecule has 3 heteroatoms. The summed E-state index contributed by atoms with van der Waals surface area (Å²) in [6.45, 7) is 19.1. The fourth-order valence-electron chi connectivity index (χ4n) is 9.82. The van der Waals surface area contributed by atoms with Crippen LogP contribution in [0.2, 0.25) is 0 Å². The van der Waals surface area contributed by atoms with Gasteiger partial charge in [-0.25, -0.2) is 0 Å². The summed E-state index contributed by atoms with van der Waals surface area (Å²) in [6.07, 6.45) is 16.3. The number of fused-ring (bicyclic) bond motifs is 3. The molecule has 0 nitrogen and oxygen atoms in total. The maximum absolute atomic E-state index is 2.67. The normalized spacial score (nSPS) is 25.7. The molecule has 0 amide bonds. The molecular weight excluding hydrogens is 619 g/mol. The van der Waals surface area contributed by atoms with Crippen LogP contribution in [-0.2, 0) is 32.1 Å². The average molecular weight is 667 g/mol. The molecule has 4 saturated carbocycles. The fraction of sp³-hybridized carbons (Fsp3) is 0.553. The number of aryl methyl sites for hydroxylation is 2. The minimum Gasteiger partial charge on any atom is -1.00 e. The quantitative estimate of drug-likeness (QED) is 0.454. The first-order valence-corrected chi connectivity index (χ1v) is 19.7. The molecular formula is C38H48Cl2Zr. The molecule has 0 radical (unpaired) electrons. The van der Waals surface area contributed by atoms with Gasteiger partial charge < -0.3 is 24.8 Å². The summed E-state index contributed by atoms with van der Waals surface area (Å²) in [4.78, 5) is 0. The standard InChI is InChI=1S/C23H29.C10H14.C5H5.2ClH.Zr/c1-14-9-16-11-17-10-15(2)21(23(6,7)8)13-19(17)18(16)12-20(14)22(3,4)5;1-7-2-9-4-8(1)5-10(3-7)6-9;1-2-4-5-3-1;;;/h9-13H,1-8H3;7-10H,1-5H2;1-3H,4H2;2*1H;/q;;;;;+2/p-2. The van der Waals surface area contributed by atoms with E-state index in [1.165, 1.54) is 54.4 Å². The molecule has 2 aromatic carbocycles. The Morgan fingerprint density at radius 2 is 1.12 bits per heavy atom. The molecule has 218 valence electrons. The molecule has 0 saturated heterocycles. The van der Waals surface area contributed by atoms with Gasteiger partial charge in [0.05, 0.1) is 0 Å². The van der Waals surface area contributed by atoms with Gasteiger partial charge in [-0.1, -0.05) is 0 Å². The van der Waals surface area contributed by atoms with Gasteiger partial charge in [-0.2, -0.15) is 0 Å². The molecule has 8 rings (SSSR count). The Balaban J connectivity index is 0.00000169. The number of allylic oxidation sites excluding steroid dienone is 4. The molecule has 0 spiro atoms. The van der Waals surface area contributed by atoms with Crippen LogP contribution in [0.5, 0.6) is 0 Å². The van der Waals surface area contributed by atoms with Crippen molar-refractivity contribution in [1.29, 1.82) is 0 Å². The van der Waals surface area contributed by atoms with Crippen LogP contribution in [0.4, 0.5) is 0 Å². The SMILES string of the molecule is Cc1cc2c(cc1C(C)(C)C)-c1cc(C(C)(C)C)c(C)cc1[CH]2[Zr+2]([C]1=CC=CC1)=[C]1C2CC3CC(C2)CC1C3.[Cl-].[Cl-]. The van der Waals surface area contributed by atoms with Crippen molar-refractivity contribution in [3.8, 4) is 11.1 Å². The van der Waals surface area contributed by atoms with Crippen molar-refractivity contribution in [2.24, 2.45) is 23.7 Å². The predicted molar refractivity (Wildman–Crippen MR) is 164 cm³/mol. The zero-order valence-corrected chi connectivity index (χ0v) is 30.4. The van der Waals surface area contributed by atoms with E-state index in [9.17, 15) is 0 Å². The smallest absolute Gasteiger partial charge is 1.00 e. The van der Waals surface area contributed by atoms with Crippen molar-refractivity contribution in [3.05, 3.63) is 79.2 Å². The minimum atomic E-state index is -2.25. The second-order valence-corrected chi connectivity index (χ2v) is 22.4. The van der Waals surface area contributed by atoms with E-state index in [1.54, 1.807) is 28.7 Å². The van der Waals surface area contributed by atoms with Gasteiger partial charge in [-0.3, -0.25) is 0 Å². The number of halogens is 2. The van der Waals surface area contributed by atoms with Crippen molar-refractivity contribution < 1.29 is 46.1 Å². The largest absolute Gasteiger partial charge is 1.00 e. The maximum Gasteiger partial charge on any atom is -1.00 e. The van der Waals surface area contributed by atoms with Crippen LogP contribution in [0.15, 0.2) is 45.8 Å². The summed E-state index contributed by atoms with van der Waals surface area (Å²) in [5.74, 6) is 3.95. The molecule has 0 aliphatic heterocycles. The Morgan fingerprint density at radius 1 is 0.659 bits per heavy atom. The van der Waals surface area contributed by atoms with Gasteiger partial charge in [0.25, 0.3) is 0 Å². The zero-order chi connectivity index (χ0) is 27.4. The van der Waals surface area contributed by atoms with E-state index in [4.69, 9.17) is 0 Å². The van der Waals surface area contributed by atoms with Crippen molar-refractivity contribution in [1.82, 2.24) is 0 Å². The summed E-state index contributed by atoms with van der Waals surface area (Å²) >= 11 is -2.25. The molecule has 0 aromatic heterocycles. The van der Waals surface area contributed by atoms with Crippen molar-refractivity contribution in [3.63, 3.8) is 0 Å². The Morgan fingerprint density at radius 3 is 1.51 bits per heavy atom. The Bertz CT molecular complexity index is 1370. The van der Waals surface area contributed by atoms with Gasteiger partial charge in [0, 0.05) is 0 Å². The van der Waals surface area contributed by atoms with E-state index in [1.807, 2.05) is 3.28 Å². The van der Waals surface area contributed by atoms with Crippen LogP contribution in [0.3, 0.4) is 0 Å². The van der Waals surface area contributed by atoms with Crippen LogP contribution in [-0.4, -0.2) is 3.21 Å². The minimum absolute atomic E-state index is 0. The Labute approximate surface area is 269 Å². The summed E-state index contributed by atoms with van der Waals surface area (Å²) in [6, 6.07) is 10.6. The van der Waals surface area contributed by atoms with Gasteiger partial charge >= 0.3 is 247 Å². The third-order valence-electron chi connectivity index (χ3n) is 11.1. The second kappa shape index (κ2) is 11.0. The van der Waals surface area contributed by atoms with E-state index >= 15 is 0 Å². The van der Waals surface area contributed by atoms with Crippen molar-refractivity contribution in [2.45, 2.75) is 108 Å². The monoisotopic (exact) mass is 664 g/mol. The predicted octanol–water partition coefficient (Wildman–Crippen LogP) is 4.07. The van der Waals surface area contributed by atoms with E-state index in [0.717, 1.165) is 23.7 Å². The van der Waals surface area contributed by atoms with Crippen LogP contribution in [0.25, 0.3) is 11.1 Å². The van der Waals surface area contributed by atoms with Crippen LogP contribution >= 0.6 is 0 Å². The fourth-order valence-corrected chi connectivity index (χ4v) is 20.0. The van der Waals surface area contributed by atoms with Gasteiger partial charge in [0.2, 0.25) is 0 Å². The molecule has 4 bridgehead atoms. The average Bonchev–Trinajstić information content (AvgIpc) is 3.45. The molecule has 41 heavy (non-hydrogen) atoms. The van der Waals surface area contributed by atoms with Gasteiger partial charge in [0.15, 0.2) is 0 Å². The zero-order valence-electron chi connectivity index (χ0n) is 26.4. The summed E-state index contributed by atoms with van der Waals surface area (Å²) in [7, 11) is 0. The first-order chi connectivity index (χ1) is 18.4. The van der Waals surface area contributed by atoms with Crippen molar-refractivity contribution >= 4 is 3.21 Å². The molecule has 6 aliphatic rings. The van der Waals surface area contributed by atoms with E-state index in [0.29, 0.717) is 3.63 Å². The van der Waals surface area contributed by atoms with E-state index in [2.05, 4.69) is 101 Å².